The molecule has 2 rings (SSSR count). The molecule has 1 fully saturated rings. The number of benzene rings is 1. The first-order chi connectivity index (χ1) is 10.3. The monoisotopic (exact) mass is 286 g/mol. The number of carbonyl (C=O) groups is 1. The van der Waals surface area contributed by atoms with Gasteiger partial charge in [0.2, 0.25) is 0 Å². The lowest BCUT2D eigenvalue weighted by molar-refractivity contribution is -0.124. The summed E-state index contributed by atoms with van der Waals surface area (Å²) in [5, 5.41) is 0. The highest BCUT2D eigenvalue weighted by molar-refractivity contribution is 5.90. The van der Waals surface area contributed by atoms with Gasteiger partial charge in [0, 0.05) is 6.42 Å². The van der Waals surface area contributed by atoms with Gasteiger partial charge in [0.05, 0.1) is 5.41 Å². The Bertz CT molecular complexity index is 415. The van der Waals surface area contributed by atoms with Crippen molar-refractivity contribution in [1.29, 1.82) is 0 Å². The molecule has 0 bridgehead atoms. The van der Waals surface area contributed by atoms with Crippen LogP contribution >= 0.6 is 0 Å². The van der Waals surface area contributed by atoms with Crippen LogP contribution in [-0.4, -0.2) is 5.78 Å². The molecule has 1 aromatic carbocycles. The molecule has 1 aliphatic carbocycles. The highest BCUT2D eigenvalue weighted by atomic mass is 16.1. The zero-order valence-corrected chi connectivity index (χ0v) is 13.6. The van der Waals surface area contributed by atoms with Crippen molar-refractivity contribution in [3.63, 3.8) is 0 Å². The number of carbonyl (C=O) groups excluding carboxylic acids is 1. The van der Waals surface area contributed by atoms with Crippen LogP contribution < -0.4 is 0 Å². The lowest BCUT2D eigenvalue weighted by Gasteiger charge is -2.28. The van der Waals surface area contributed by atoms with Gasteiger partial charge in [-0.2, -0.15) is 0 Å². The number of unbranched alkanes of at least 4 members (excludes halogenated alkanes) is 5. The van der Waals surface area contributed by atoms with E-state index in [9.17, 15) is 4.79 Å². The SMILES string of the molecule is CCCCCCCCC(=O)C1(c2ccccc2)CCCC1. The summed E-state index contributed by atoms with van der Waals surface area (Å²) < 4.78 is 0. The minimum atomic E-state index is -0.148. The molecule has 0 amide bonds. The van der Waals surface area contributed by atoms with Crippen LogP contribution in [0.1, 0.15) is 83.1 Å². The summed E-state index contributed by atoms with van der Waals surface area (Å²) in [5.41, 5.74) is 1.11. The summed E-state index contributed by atoms with van der Waals surface area (Å²) in [4.78, 5) is 12.9. The van der Waals surface area contributed by atoms with E-state index in [-0.39, 0.29) is 5.41 Å². The van der Waals surface area contributed by atoms with Crippen molar-refractivity contribution < 1.29 is 4.79 Å². The average molecular weight is 286 g/mol. The first-order valence-electron chi connectivity index (χ1n) is 8.88. The lowest BCUT2D eigenvalue weighted by atomic mass is 9.74. The molecule has 1 saturated carbocycles. The topological polar surface area (TPSA) is 17.1 Å². The zero-order chi connectivity index (χ0) is 15.0. The van der Waals surface area contributed by atoms with E-state index in [0.29, 0.717) is 5.78 Å². The van der Waals surface area contributed by atoms with Crippen molar-refractivity contribution >= 4 is 5.78 Å². The molecule has 0 aromatic heterocycles. The van der Waals surface area contributed by atoms with E-state index in [4.69, 9.17) is 0 Å². The molecule has 0 spiro atoms. The van der Waals surface area contributed by atoms with E-state index in [1.807, 2.05) is 6.07 Å². The molecular formula is C20H30O. The van der Waals surface area contributed by atoms with E-state index in [0.717, 1.165) is 25.7 Å². The van der Waals surface area contributed by atoms with Crippen LogP contribution in [0.5, 0.6) is 0 Å². The van der Waals surface area contributed by atoms with Crippen molar-refractivity contribution in [2.45, 2.75) is 83.0 Å². The third kappa shape index (κ3) is 4.18. The predicted octanol–water partition coefficient (Wildman–Crippen LogP) is 5.82. The van der Waals surface area contributed by atoms with Crippen LogP contribution in [0.25, 0.3) is 0 Å². The fraction of sp³-hybridized carbons (Fsp3) is 0.650. The van der Waals surface area contributed by atoms with Crippen LogP contribution in [0.15, 0.2) is 30.3 Å². The molecule has 21 heavy (non-hydrogen) atoms. The first kappa shape index (κ1) is 16.3. The number of Topliss-reactive ketones (excluding diaryl/α,β-unsaturated/α-hetero) is 1. The largest absolute Gasteiger partial charge is 0.299 e. The van der Waals surface area contributed by atoms with Gasteiger partial charge in [0.15, 0.2) is 0 Å². The van der Waals surface area contributed by atoms with E-state index in [1.54, 1.807) is 0 Å². The Morgan fingerprint density at radius 2 is 1.57 bits per heavy atom. The third-order valence-corrected chi connectivity index (χ3v) is 5.07. The standard InChI is InChI=1S/C20H30O/c1-2-3-4-5-6-10-15-19(21)20(16-11-12-17-20)18-13-8-7-9-14-18/h7-9,13-14H,2-6,10-12,15-17H2,1H3. The van der Waals surface area contributed by atoms with Crippen molar-refractivity contribution in [2.24, 2.45) is 0 Å². The van der Waals surface area contributed by atoms with Gasteiger partial charge in [0.25, 0.3) is 0 Å². The maximum Gasteiger partial charge on any atom is 0.143 e. The van der Waals surface area contributed by atoms with Crippen LogP contribution in [0.4, 0.5) is 0 Å². The molecule has 0 heterocycles. The quantitative estimate of drug-likeness (QED) is 0.523. The van der Waals surface area contributed by atoms with Gasteiger partial charge in [-0.05, 0) is 24.8 Å². The summed E-state index contributed by atoms with van der Waals surface area (Å²) in [6.07, 6.45) is 12.9. The van der Waals surface area contributed by atoms with E-state index in [1.165, 1.54) is 50.5 Å². The molecule has 1 aliphatic rings. The molecule has 1 nitrogen and oxygen atoms in total. The Balaban J connectivity index is 1.88. The molecule has 0 radical (unpaired) electrons. The van der Waals surface area contributed by atoms with Gasteiger partial charge in [-0.1, -0.05) is 82.2 Å². The van der Waals surface area contributed by atoms with Crippen LogP contribution in [0, 0.1) is 0 Å². The average Bonchev–Trinajstić information content (AvgIpc) is 3.02. The van der Waals surface area contributed by atoms with Gasteiger partial charge in [-0.15, -0.1) is 0 Å². The second-order valence-corrected chi connectivity index (χ2v) is 6.60. The smallest absolute Gasteiger partial charge is 0.143 e. The molecule has 116 valence electrons. The van der Waals surface area contributed by atoms with Crippen molar-refractivity contribution in [2.75, 3.05) is 0 Å². The Morgan fingerprint density at radius 1 is 0.952 bits per heavy atom. The second-order valence-electron chi connectivity index (χ2n) is 6.60. The van der Waals surface area contributed by atoms with Crippen molar-refractivity contribution in [1.82, 2.24) is 0 Å². The van der Waals surface area contributed by atoms with Crippen LogP contribution in [0.3, 0.4) is 0 Å². The highest BCUT2D eigenvalue weighted by Crippen LogP contribution is 2.42. The maximum atomic E-state index is 12.9. The molecule has 0 aliphatic heterocycles. The van der Waals surface area contributed by atoms with Gasteiger partial charge in [0.1, 0.15) is 5.78 Å². The highest BCUT2D eigenvalue weighted by Gasteiger charge is 2.41. The minimum absolute atomic E-state index is 0.148. The van der Waals surface area contributed by atoms with Gasteiger partial charge in [-0.3, -0.25) is 4.79 Å². The van der Waals surface area contributed by atoms with Gasteiger partial charge < -0.3 is 0 Å². The zero-order valence-electron chi connectivity index (χ0n) is 13.6. The maximum absolute atomic E-state index is 12.9. The molecule has 1 heteroatoms. The third-order valence-electron chi connectivity index (χ3n) is 5.07. The number of hydrogen-bond donors (Lipinski definition) is 0. The fourth-order valence-corrected chi connectivity index (χ4v) is 3.77. The van der Waals surface area contributed by atoms with Crippen LogP contribution in [0.2, 0.25) is 0 Å². The van der Waals surface area contributed by atoms with Gasteiger partial charge >= 0.3 is 0 Å². The van der Waals surface area contributed by atoms with Crippen molar-refractivity contribution in [3.8, 4) is 0 Å². The number of rotatable bonds is 9. The molecule has 0 unspecified atom stereocenters. The van der Waals surface area contributed by atoms with Crippen molar-refractivity contribution in [3.05, 3.63) is 35.9 Å². The normalized spacial score (nSPS) is 17.0. The summed E-state index contributed by atoms with van der Waals surface area (Å²) in [6.45, 7) is 2.24. The molecule has 0 atom stereocenters. The summed E-state index contributed by atoms with van der Waals surface area (Å²) in [6, 6.07) is 10.5. The predicted molar refractivity (Wildman–Crippen MR) is 89.6 cm³/mol. The fourth-order valence-electron chi connectivity index (χ4n) is 3.77. The summed E-state index contributed by atoms with van der Waals surface area (Å²) in [5.74, 6) is 0.502. The number of hydrogen-bond acceptors (Lipinski definition) is 1. The van der Waals surface area contributed by atoms with E-state index in [2.05, 4.69) is 31.2 Å². The lowest BCUT2D eigenvalue weighted by Crippen LogP contribution is -2.32. The molecular weight excluding hydrogens is 256 g/mol. The first-order valence-corrected chi connectivity index (χ1v) is 8.88. The molecule has 0 saturated heterocycles. The second kappa shape index (κ2) is 8.36. The Hall–Kier alpha value is -1.11. The Morgan fingerprint density at radius 3 is 2.24 bits per heavy atom. The van der Waals surface area contributed by atoms with Gasteiger partial charge in [-0.25, -0.2) is 0 Å². The Labute approximate surface area is 130 Å². The minimum Gasteiger partial charge on any atom is -0.299 e. The van der Waals surface area contributed by atoms with Crippen LogP contribution in [-0.2, 0) is 10.2 Å². The summed E-state index contributed by atoms with van der Waals surface area (Å²) in [7, 11) is 0. The molecule has 0 N–H and O–H groups in total. The van der Waals surface area contributed by atoms with E-state index >= 15 is 0 Å². The summed E-state index contributed by atoms with van der Waals surface area (Å²) >= 11 is 0. The Kier molecular flexibility index (Phi) is 6.48. The molecule has 1 aromatic rings. The number of ketones is 1. The van der Waals surface area contributed by atoms with E-state index < -0.39 is 0 Å².